The number of nitro benzene ring substituents is 1. The summed E-state index contributed by atoms with van der Waals surface area (Å²) < 4.78 is 17.0. The minimum absolute atomic E-state index is 0.0622. The van der Waals surface area contributed by atoms with Crippen LogP contribution < -0.4 is 9.47 Å². The maximum atomic E-state index is 12.1. The lowest BCUT2D eigenvalue weighted by molar-refractivity contribution is -0.385. The Morgan fingerprint density at radius 3 is 2.50 bits per heavy atom. The first kappa shape index (κ1) is 19.6. The van der Waals surface area contributed by atoms with Gasteiger partial charge >= 0.3 is 0 Å². The molecule has 1 aliphatic rings. The van der Waals surface area contributed by atoms with E-state index in [0.29, 0.717) is 5.56 Å². The van der Waals surface area contributed by atoms with E-state index >= 15 is 0 Å². The molecule has 1 heterocycles. The first-order chi connectivity index (χ1) is 13.3. The van der Waals surface area contributed by atoms with Crippen molar-refractivity contribution in [1.29, 1.82) is 0 Å². The first-order valence-electron chi connectivity index (χ1n) is 8.07. The van der Waals surface area contributed by atoms with Crippen molar-refractivity contribution in [2.45, 2.75) is 13.2 Å². The Bertz CT molecular complexity index is 978. The van der Waals surface area contributed by atoms with Crippen LogP contribution in [0, 0.1) is 10.1 Å². The summed E-state index contributed by atoms with van der Waals surface area (Å²) in [6.07, 6.45) is -0.849. The van der Waals surface area contributed by atoms with Crippen LogP contribution in [0.4, 0.5) is 5.69 Å². The summed E-state index contributed by atoms with van der Waals surface area (Å²) in [6.45, 7) is 1.34. The fraction of sp³-hybridized carbons (Fsp3) is 0.222. The molecule has 10 heteroatoms. The van der Waals surface area contributed by atoms with E-state index < -0.39 is 11.2 Å². The Balaban J connectivity index is 2.09. The van der Waals surface area contributed by atoms with Gasteiger partial charge in [0.15, 0.2) is 11.5 Å². The third kappa shape index (κ3) is 3.63. The van der Waals surface area contributed by atoms with E-state index in [1.807, 2.05) is 6.07 Å². The highest BCUT2D eigenvalue weighted by Gasteiger charge is 2.36. The quantitative estimate of drug-likeness (QED) is 0.509. The normalized spacial score (nSPS) is 15.6. The molecule has 9 nitrogen and oxygen atoms in total. The Kier molecular flexibility index (Phi) is 5.50. The maximum Gasteiger partial charge on any atom is 0.286 e. The van der Waals surface area contributed by atoms with Crippen LogP contribution in [0.15, 0.2) is 46.0 Å². The number of carbonyl (C=O) groups is 1. The first-order valence-corrected chi connectivity index (χ1v) is 8.86. The predicted molar refractivity (Wildman–Crippen MR) is 103 cm³/mol. The Hall–Kier alpha value is -3.14. The number of hydrazone groups is 1. The molecule has 146 valence electrons. The van der Waals surface area contributed by atoms with E-state index in [9.17, 15) is 14.9 Å². The van der Waals surface area contributed by atoms with Gasteiger partial charge in [0, 0.05) is 23.0 Å². The SMILES string of the molecule is COc1cc(C2=NN(C(C)=O)[C@@H](c3cccc(Br)c3)O2)c([N+](=O)[O-])cc1OC. The van der Waals surface area contributed by atoms with Crippen LogP contribution in [0.5, 0.6) is 11.5 Å². The minimum Gasteiger partial charge on any atom is -0.493 e. The second-order valence-corrected chi connectivity index (χ2v) is 6.69. The fourth-order valence-electron chi connectivity index (χ4n) is 2.74. The van der Waals surface area contributed by atoms with E-state index in [-0.39, 0.29) is 34.6 Å². The average Bonchev–Trinajstić information content (AvgIpc) is 3.12. The van der Waals surface area contributed by atoms with E-state index in [1.165, 1.54) is 33.3 Å². The number of nitro groups is 1. The van der Waals surface area contributed by atoms with Gasteiger partial charge in [0.1, 0.15) is 5.56 Å². The highest BCUT2D eigenvalue weighted by atomic mass is 79.9. The zero-order valence-electron chi connectivity index (χ0n) is 15.2. The van der Waals surface area contributed by atoms with Crippen molar-refractivity contribution < 1.29 is 23.9 Å². The molecule has 3 rings (SSSR count). The van der Waals surface area contributed by atoms with Crippen molar-refractivity contribution in [3.05, 3.63) is 62.1 Å². The average molecular weight is 450 g/mol. The minimum atomic E-state index is -0.849. The molecule has 0 saturated carbocycles. The van der Waals surface area contributed by atoms with Crippen molar-refractivity contribution in [3.8, 4) is 11.5 Å². The molecule has 2 aromatic carbocycles. The van der Waals surface area contributed by atoms with E-state index in [1.54, 1.807) is 18.2 Å². The summed E-state index contributed by atoms with van der Waals surface area (Å²) in [6, 6.07) is 9.80. The molecule has 1 atom stereocenters. The summed E-state index contributed by atoms with van der Waals surface area (Å²) in [4.78, 5) is 23.1. The van der Waals surface area contributed by atoms with Crippen LogP contribution in [0.3, 0.4) is 0 Å². The van der Waals surface area contributed by atoms with Gasteiger partial charge < -0.3 is 14.2 Å². The van der Waals surface area contributed by atoms with E-state index in [0.717, 1.165) is 9.48 Å². The molecule has 1 aliphatic heterocycles. The van der Waals surface area contributed by atoms with Crippen molar-refractivity contribution in [2.24, 2.45) is 5.10 Å². The van der Waals surface area contributed by atoms with Crippen molar-refractivity contribution in [3.63, 3.8) is 0 Å². The molecule has 0 saturated heterocycles. The predicted octanol–water partition coefficient (Wildman–Crippen LogP) is 3.61. The molecule has 1 amide bonds. The lowest BCUT2D eigenvalue weighted by Gasteiger charge is -2.19. The van der Waals surface area contributed by atoms with E-state index in [4.69, 9.17) is 14.2 Å². The number of nitrogens with zero attached hydrogens (tertiary/aromatic N) is 3. The molecular formula is C18H16BrN3O6. The number of benzene rings is 2. The molecule has 28 heavy (non-hydrogen) atoms. The number of halogens is 1. The number of hydrogen-bond donors (Lipinski definition) is 0. The second-order valence-electron chi connectivity index (χ2n) is 5.78. The zero-order chi connectivity index (χ0) is 20.4. The monoisotopic (exact) mass is 449 g/mol. The Labute approximate surface area is 168 Å². The lowest BCUT2D eigenvalue weighted by atomic mass is 10.1. The number of hydrogen-bond acceptors (Lipinski definition) is 7. The molecule has 0 bridgehead atoms. The lowest BCUT2D eigenvalue weighted by Crippen LogP contribution is -2.25. The summed E-state index contributed by atoms with van der Waals surface area (Å²) in [5, 5.41) is 16.9. The number of amides is 1. The zero-order valence-corrected chi connectivity index (χ0v) is 16.8. The highest BCUT2D eigenvalue weighted by molar-refractivity contribution is 9.10. The van der Waals surface area contributed by atoms with Gasteiger partial charge in [-0.15, -0.1) is 5.10 Å². The highest BCUT2D eigenvalue weighted by Crippen LogP contribution is 2.38. The van der Waals surface area contributed by atoms with Gasteiger partial charge in [-0.25, -0.2) is 0 Å². The number of carbonyl (C=O) groups excluding carboxylic acids is 1. The van der Waals surface area contributed by atoms with Crippen LogP contribution in [-0.4, -0.2) is 36.0 Å². The van der Waals surface area contributed by atoms with Crippen molar-refractivity contribution in [2.75, 3.05) is 14.2 Å². The van der Waals surface area contributed by atoms with Gasteiger partial charge in [0.25, 0.3) is 5.69 Å². The molecule has 0 aliphatic carbocycles. The molecular weight excluding hydrogens is 434 g/mol. The number of methoxy groups -OCH3 is 2. The smallest absolute Gasteiger partial charge is 0.286 e. The van der Waals surface area contributed by atoms with Gasteiger partial charge in [0.05, 0.1) is 25.2 Å². The molecule has 0 aromatic heterocycles. The van der Waals surface area contributed by atoms with Crippen LogP contribution in [0.25, 0.3) is 0 Å². The van der Waals surface area contributed by atoms with Gasteiger partial charge in [-0.05, 0) is 12.1 Å². The number of ether oxygens (including phenoxy) is 3. The van der Waals surface area contributed by atoms with Gasteiger partial charge in [0.2, 0.25) is 18.0 Å². The Morgan fingerprint density at radius 1 is 1.25 bits per heavy atom. The fourth-order valence-corrected chi connectivity index (χ4v) is 3.16. The van der Waals surface area contributed by atoms with Crippen LogP contribution in [0.2, 0.25) is 0 Å². The van der Waals surface area contributed by atoms with Crippen LogP contribution in [-0.2, 0) is 9.53 Å². The van der Waals surface area contributed by atoms with Crippen molar-refractivity contribution in [1.82, 2.24) is 5.01 Å². The molecule has 0 unspecified atom stereocenters. The third-order valence-corrected chi connectivity index (χ3v) is 4.52. The summed E-state index contributed by atoms with van der Waals surface area (Å²) in [7, 11) is 2.79. The van der Waals surface area contributed by atoms with Crippen LogP contribution in [0.1, 0.15) is 24.3 Å². The number of rotatable bonds is 5. The molecule has 0 N–H and O–H groups in total. The largest absolute Gasteiger partial charge is 0.493 e. The topological polar surface area (TPSA) is 104 Å². The molecule has 0 fully saturated rings. The summed E-state index contributed by atoms with van der Waals surface area (Å²) >= 11 is 3.38. The Morgan fingerprint density at radius 2 is 1.93 bits per heavy atom. The van der Waals surface area contributed by atoms with E-state index in [2.05, 4.69) is 21.0 Å². The summed E-state index contributed by atoms with van der Waals surface area (Å²) in [5.74, 6) is 0.0362. The summed E-state index contributed by atoms with van der Waals surface area (Å²) in [5.41, 5.74) is 0.452. The van der Waals surface area contributed by atoms with Gasteiger partial charge in [-0.1, -0.05) is 28.1 Å². The third-order valence-electron chi connectivity index (χ3n) is 4.03. The molecule has 0 radical (unpaired) electrons. The molecule has 0 spiro atoms. The molecule has 2 aromatic rings. The van der Waals surface area contributed by atoms with Gasteiger partial charge in [-0.2, -0.15) is 5.01 Å². The van der Waals surface area contributed by atoms with Crippen LogP contribution >= 0.6 is 15.9 Å². The van der Waals surface area contributed by atoms with Gasteiger partial charge in [-0.3, -0.25) is 14.9 Å². The van der Waals surface area contributed by atoms with Crippen molar-refractivity contribution >= 4 is 33.4 Å². The maximum absolute atomic E-state index is 12.1. The second kappa shape index (κ2) is 7.85. The standard InChI is InChI=1S/C18H16BrN3O6/c1-10(23)21-18(11-5-4-6-12(19)7-11)28-17(20-21)13-8-15(26-2)16(27-3)9-14(13)22(24)25/h4-9,18H,1-3H3/t18-/m1/s1.